The van der Waals surface area contributed by atoms with E-state index in [1.54, 1.807) is 6.07 Å². The van der Waals surface area contributed by atoms with E-state index in [-0.39, 0.29) is 22.4 Å². The molecule has 1 aromatic rings. The summed E-state index contributed by atoms with van der Waals surface area (Å²) in [7, 11) is 1.85. The van der Waals surface area contributed by atoms with Gasteiger partial charge in [0.05, 0.1) is 5.75 Å². The van der Waals surface area contributed by atoms with Crippen LogP contribution in [0.15, 0.2) is 18.2 Å². The maximum absolute atomic E-state index is 13.9. The van der Waals surface area contributed by atoms with E-state index in [9.17, 15) is 12.8 Å². The van der Waals surface area contributed by atoms with Gasteiger partial charge in [0, 0.05) is 16.1 Å². The molecule has 0 amide bonds. The molecule has 18 heavy (non-hydrogen) atoms. The van der Waals surface area contributed by atoms with Crippen LogP contribution in [0.25, 0.3) is 0 Å². The van der Waals surface area contributed by atoms with Crippen LogP contribution in [0.1, 0.15) is 30.4 Å². The van der Waals surface area contributed by atoms with Crippen LogP contribution in [0.5, 0.6) is 0 Å². The quantitative estimate of drug-likeness (QED) is 0.801. The molecule has 4 rings (SSSR count). The number of aryl methyl sites for hydroxylation is 1. The summed E-state index contributed by atoms with van der Waals surface area (Å²) >= 11 is 0. The van der Waals surface area contributed by atoms with Crippen LogP contribution in [0.3, 0.4) is 0 Å². The third kappa shape index (κ3) is 1.69. The van der Waals surface area contributed by atoms with Crippen molar-refractivity contribution < 1.29 is 12.8 Å². The van der Waals surface area contributed by atoms with Gasteiger partial charge in [-0.2, -0.15) is 0 Å². The second-order valence-corrected chi connectivity index (χ2v) is 8.70. The Morgan fingerprint density at radius 1 is 1.33 bits per heavy atom. The summed E-state index contributed by atoms with van der Waals surface area (Å²) in [5, 5.41) is 0. The van der Waals surface area contributed by atoms with Crippen molar-refractivity contribution in [1.82, 2.24) is 0 Å². The first kappa shape index (κ1) is 12.4. The maximum atomic E-state index is 13.9. The zero-order chi connectivity index (χ0) is 13.2. The molecule has 3 fully saturated rings. The van der Waals surface area contributed by atoms with Crippen molar-refractivity contribution >= 4 is 19.7 Å². The molecule has 0 aromatic heterocycles. The molecule has 0 aliphatic heterocycles. The molecule has 0 unspecified atom stereocenters. The minimum Gasteiger partial charge on any atom is -0.212 e. The highest BCUT2D eigenvalue weighted by Gasteiger charge is 2.69. The number of halogens is 2. The number of rotatable bonds is 3. The van der Waals surface area contributed by atoms with Gasteiger partial charge in [0.1, 0.15) is 5.82 Å². The van der Waals surface area contributed by atoms with E-state index in [4.69, 9.17) is 10.7 Å². The summed E-state index contributed by atoms with van der Waals surface area (Å²) in [5.41, 5.74) is 1.42. The Labute approximate surface area is 111 Å². The minimum atomic E-state index is -3.46. The Morgan fingerprint density at radius 2 is 1.94 bits per heavy atom. The van der Waals surface area contributed by atoms with Crippen molar-refractivity contribution in [3.05, 3.63) is 35.1 Å². The molecule has 0 N–H and O–H groups in total. The fraction of sp³-hybridized carbons (Fsp3) is 0.538. The van der Waals surface area contributed by atoms with Crippen LogP contribution < -0.4 is 0 Å². The molecule has 3 aliphatic carbocycles. The molecule has 0 spiro atoms. The third-order valence-corrected chi connectivity index (χ3v) is 5.66. The second-order valence-electron chi connectivity index (χ2n) is 5.93. The molecule has 0 heterocycles. The number of hydrogen-bond donors (Lipinski definition) is 0. The molecule has 0 atom stereocenters. The first-order chi connectivity index (χ1) is 8.25. The molecule has 98 valence electrons. The van der Waals surface area contributed by atoms with Crippen LogP contribution in [-0.2, 0) is 14.5 Å². The van der Waals surface area contributed by atoms with Crippen LogP contribution in [0.4, 0.5) is 4.39 Å². The highest BCUT2D eigenvalue weighted by atomic mass is 35.7. The lowest BCUT2D eigenvalue weighted by Gasteiger charge is -2.71. The molecular weight excluding hydrogens is 275 g/mol. The van der Waals surface area contributed by atoms with E-state index in [0.717, 1.165) is 30.4 Å². The molecule has 3 saturated carbocycles. The summed E-state index contributed by atoms with van der Waals surface area (Å²) in [6.45, 7) is 1.91. The van der Waals surface area contributed by atoms with E-state index in [1.807, 2.05) is 13.0 Å². The minimum absolute atomic E-state index is 0.0246. The Balaban J connectivity index is 1.85. The second kappa shape index (κ2) is 3.48. The highest BCUT2D eigenvalue weighted by Crippen LogP contribution is 2.74. The summed E-state index contributed by atoms with van der Waals surface area (Å²) in [6, 6.07) is 5.09. The topological polar surface area (TPSA) is 34.1 Å². The van der Waals surface area contributed by atoms with Gasteiger partial charge in [-0.05, 0) is 48.8 Å². The average Bonchev–Trinajstić information content (AvgIpc) is 2.09. The van der Waals surface area contributed by atoms with Gasteiger partial charge in [-0.3, -0.25) is 0 Å². The van der Waals surface area contributed by atoms with E-state index in [2.05, 4.69) is 0 Å². The van der Waals surface area contributed by atoms with Gasteiger partial charge in [0.2, 0.25) is 9.05 Å². The fourth-order valence-electron chi connectivity index (χ4n) is 4.09. The Hall–Kier alpha value is -0.610. The summed E-state index contributed by atoms with van der Waals surface area (Å²) < 4.78 is 36.2. The molecule has 0 saturated heterocycles. The molecule has 1 aromatic carbocycles. The van der Waals surface area contributed by atoms with E-state index >= 15 is 0 Å². The zero-order valence-electron chi connectivity index (χ0n) is 10.0. The first-order valence-corrected chi connectivity index (χ1v) is 8.41. The van der Waals surface area contributed by atoms with Gasteiger partial charge in [-0.25, -0.2) is 12.8 Å². The molecule has 2 nitrogen and oxygen atoms in total. The van der Waals surface area contributed by atoms with Crippen LogP contribution in [0, 0.1) is 18.2 Å². The normalized spacial score (nSPS) is 33.7. The first-order valence-electron chi connectivity index (χ1n) is 5.93. The van der Waals surface area contributed by atoms with Gasteiger partial charge >= 0.3 is 0 Å². The van der Waals surface area contributed by atoms with E-state index < -0.39 is 9.05 Å². The van der Waals surface area contributed by atoms with Gasteiger partial charge in [-0.1, -0.05) is 12.1 Å². The Kier molecular flexibility index (Phi) is 2.40. The summed E-state index contributed by atoms with van der Waals surface area (Å²) in [4.78, 5) is 0. The van der Waals surface area contributed by atoms with Crippen molar-refractivity contribution in [2.45, 2.75) is 31.6 Å². The number of benzene rings is 1. The predicted octanol–water partition coefficient (Wildman–Crippen LogP) is 3.12. The molecular formula is C13H14ClFO2S. The molecule has 2 bridgehead atoms. The third-order valence-electron chi connectivity index (χ3n) is 4.37. The van der Waals surface area contributed by atoms with Crippen molar-refractivity contribution in [3.63, 3.8) is 0 Å². The van der Waals surface area contributed by atoms with Crippen LogP contribution >= 0.6 is 10.7 Å². The fourth-order valence-corrected chi connectivity index (χ4v) is 5.82. The Morgan fingerprint density at radius 3 is 2.44 bits per heavy atom. The van der Waals surface area contributed by atoms with Crippen LogP contribution in [-0.4, -0.2) is 14.2 Å². The molecule has 0 radical (unpaired) electrons. The highest BCUT2D eigenvalue weighted by molar-refractivity contribution is 8.13. The van der Waals surface area contributed by atoms with E-state index in [1.165, 1.54) is 6.07 Å². The lowest BCUT2D eigenvalue weighted by molar-refractivity contribution is -0.124. The largest absolute Gasteiger partial charge is 0.233 e. The maximum Gasteiger partial charge on any atom is 0.233 e. The molecule has 5 heteroatoms. The number of hydrogen-bond acceptors (Lipinski definition) is 2. The summed E-state index contributed by atoms with van der Waals surface area (Å²) in [5.74, 6) is -0.145. The average molecular weight is 289 g/mol. The monoisotopic (exact) mass is 288 g/mol. The van der Waals surface area contributed by atoms with Crippen molar-refractivity contribution in [1.29, 1.82) is 0 Å². The van der Waals surface area contributed by atoms with Crippen molar-refractivity contribution in [3.8, 4) is 0 Å². The Bertz CT molecular complexity index is 584. The van der Waals surface area contributed by atoms with Crippen molar-refractivity contribution in [2.24, 2.45) is 5.41 Å². The predicted molar refractivity (Wildman–Crippen MR) is 68.7 cm³/mol. The lowest BCUT2D eigenvalue weighted by atomic mass is 9.34. The SMILES string of the molecule is Cc1cccc(F)c1C12CC(CS(=O)(=O)Cl)(C1)C2. The van der Waals surface area contributed by atoms with Gasteiger partial charge in [-0.15, -0.1) is 0 Å². The summed E-state index contributed by atoms with van der Waals surface area (Å²) in [6.07, 6.45) is 2.23. The lowest BCUT2D eigenvalue weighted by Crippen LogP contribution is -2.67. The zero-order valence-corrected chi connectivity index (χ0v) is 11.6. The van der Waals surface area contributed by atoms with Gasteiger partial charge < -0.3 is 0 Å². The van der Waals surface area contributed by atoms with E-state index in [0.29, 0.717) is 0 Å². The van der Waals surface area contributed by atoms with Gasteiger partial charge in [0.15, 0.2) is 0 Å². The molecule has 3 aliphatic rings. The standard InChI is InChI=1S/C13H14ClFO2S/c1-9-3-2-4-10(15)11(9)13-5-12(6-13,7-13)8-18(14,16)17/h2-4H,5-8H2,1H3. The van der Waals surface area contributed by atoms with Crippen molar-refractivity contribution in [2.75, 3.05) is 5.75 Å². The van der Waals surface area contributed by atoms with Gasteiger partial charge in [0.25, 0.3) is 0 Å². The smallest absolute Gasteiger partial charge is 0.212 e. The van der Waals surface area contributed by atoms with Crippen LogP contribution in [0.2, 0.25) is 0 Å².